The second-order valence-electron chi connectivity index (χ2n) is 17.0. The molecule has 0 spiro atoms. The molecule has 2 saturated carbocycles. The van der Waals surface area contributed by atoms with E-state index >= 15 is 0 Å². The highest BCUT2D eigenvalue weighted by atomic mass is 16.3. The summed E-state index contributed by atoms with van der Waals surface area (Å²) in [5.74, 6) is 1.95. The molecule has 0 radical (unpaired) electrons. The summed E-state index contributed by atoms with van der Waals surface area (Å²) >= 11 is 0. The normalized spacial score (nSPS) is 18.1. The van der Waals surface area contributed by atoms with E-state index in [9.17, 15) is 40.9 Å². The van der Waals surface area contributed by atoms with Crippen molar-refractivity contribution in [2.45, 2.75) is 130 Å². The largest absolute Gasteiger partial charge is 0.507 e. The molecular weight excluding hydrogens is 693 g/mol. The molecule has 0 heterocycles. The van der Waals surface area contributed by atoms with E-state index in [0.717, 1.165) is 80.0 Å². The van der Waals surface area contributed by atoms with Crippen molar-refractivity contribution in [2.75, 3.05) is 0 Å². The first kappa shape index (κ1) is 40.6. The third-order valence-corrected chi connectivity index (χ3v) is 13.8. The molecule has 0 amide bonds. The Morgan fingerprint density at radius 1 is 0.473 bits per heavy atom. The molecule has 0 saturated heterocycles. The SMILES string of the molecule is Cc1cc(C2(c3cc(C)c(O)c(CO)c3)CCC(CC(C)C3CCC(c4cc(C)c(O)c(CO)c4)(c4cc(C)c(O)c(CO)c4)CC3)CC2)cc(CO)c1O. The monoisotopic (exact) mass is 752 g/mol. The molecule has 8 nitrogen and oxygen atoms in total. The van der Waals surface area contributed by atoms with Crippen LogP contribution >= 0.6 is 0 Å². The summed E-state index contributed by atoms with van der Waals surface area (Å²) in [4.78, 5) is 0. The van der Waals surface area contributed by atoms with Gasteiger partial charge in [-0.15, -0.1) is 0 Å². The van der Waals surface area contributed by atoms with E-state index in [0.29, 0.717) is 62.3 Å². The van der Waals surface area contributed by atoms with Crippen LogP contribution < -0.4 is 0 Å². The smallest absolute Gasteiger partial charge is 0.124 e. The highest BCUT2D eigenvalue weighted by Crippen LogP contribution is 2.53. The Hall–Kier alpha value is -4.08. The lowest BCUT2D eigenvalue weighted by molar-refractivity contribution is 0.161. The van der Waals surface area contributed by atoms with Crippen LogP contribution in [0, 0.1) is 45.4 Å². The lowest BCUT2D eigenvalue weighted by Gasteiger charge is -2.45. The van der Waals surface area contributed by atoms with Crippen molar-refractivity contribution in [1.29, 1.82) is 0 Å². The molecule has 2 aliphatic rings. The summed E-state index contributed by atoms with van der Waals surface area (Å²) in [5.41, 5.74) is 8.22. The molecule has 4 aromatic rings. The van der Waals surface area contributed by atoms with Crippen LogP contribution in [0.2, 0.25) is 0 Å². The van der Waals surface area contributed by atoms with E-state index in [-0.39, 0.29) is 49.4 Å². The van der Waals surface area contributed by atoms with E-state index in [1.807, 2.05) is 76.2 Å². The van der Waals surface area contributed by atoms with Crippen LogP contribution in [-0.4, -0.2) is 40.9 Å². The number of phenols is 4. The van der Waals surface area contributed by atoms with Gasteiger partial charge in [-0.2, -0.15) is 0 Å². The average Bonchev–Trinajstić information content (AvgIpc) is 3.19. The topological polar surface area (TPSA) is 162 Å². The minimum Gasteiger partial charge on any atom is -0.507 e. The van der Waals surface area contributed by atoms with Crippen LogP contribution in [0.15, 0.2) is 48.5 Å². The van der Waals surface area contributed by atoms with Crippen molar-refractivity contribution in [3.05, 3.63) is 115 Å². The quantitative estimate of drug-likeness (QED) is 0.0758. The molecule has 0 aliphatic heterocycles. The van der Waals surface area contributed by atoms with E-state index in [1.165, 1.54) is 0 Å². The minimum atomic E-state index is -0.406. The Morgan fingerprint density at radius 2 is 0.745 bits per heavy atom. The van der Waals surface area contributed by atoms with Gasteiger partial charge in [-0.1, -0.05) is 31.2 Å². The first-order chi connectivity index (χ1) is 26.2. The maximum absolute atomic E-state index is 10.7. The van der Waals surface area contributed by atoms with Crippen molar-refractivity contribution in [3.8, 4) is 23.0 Å². The second-order valence-corrected chi connectivity index (χ2v) is 17.0. The summed E-state index contributed by atoms with van der Waals surface area (Å²) in [6.07, 6.45) is 8.53. The first-order valence-corrected chi connectivity index (χ1v) is 20.0. The highest BCUT2D eigenvalue weighted by molar-refractivity contribution is 5.54. The fraction of sp³-hybridized carbons (Fsp3) is 0.489. The van der Waals surface area contributed by atoms with Gasteiger partial charge in [0.25, 0.3) is 0 Å². The van der Waals surface area contributed by atoms with Crippen molar-refractivity contribution in [2.24, 2.45) is 17.8 Å². The lowest BCUT2D eigenvalue weighted by atomic mass is 9.59. The third kappa shape index (κ3) is 7.46. The predicted octanol–water partition coefficient (Wildman–Crippen LogP) is 8.39. The molecule has 55 heavy (non-hydrogen) atoms. The first-order valence-electron chi connectivity index (χ1n) is 20.0. The molecule has 1 atom stereocenters. The molecular formula is C47H60O8. The van der Waals surface area contributed by atoms with Crippen LogP contribution in [0.5, 0.6) is 23.0 Å². The number of aliphatic hydroxyl groups excluding tert-OH is 4. The molecule has 2 aliphatic carbocycles. The number of hydrogen-bond acceptors (Lipinski definition) is 8. The van der Waals surface area contributed by atoms with Crippen molar-refractivity contribution in [3.63, 3.8) is 0 Å². The molecule has 1 unspecified atom stereocenters. The van der Waals surface area contributed by atoms with E-state index in [4.69, 9.17) is 0 Å². The van der Waals surface area contributed by atoms with Crippen LogP contribution in [0.25, 0.3) is 0 Å². The van der Waals surface area contributed by atoms with Gasteiger partial charge < -0.3 is 40.9 Å². The lowest BCUT2D eigenvalue weighted by Crippen LogP contribution is -2.36. The number of hydrogen-bond donors (Lipinski definition) is 8. The van der Waals surface area contributed by atoms with Crippen LogP contribution in [0.1, 0.15) is 131 Å². The van der Waals surface area contributed by atoms with Gasteiger partial charge >= 0.3 is 0 Å². The predicted molar refractivity (Wildman–Crippen MR) is 214 cm³/mol. The van der Waals surface area contributed by atoms with Gasteiger partial charge in [0.15, 0.2) is 0 Å². The second kappa shape index (κ2) is 16.2. The fourth-order valence-corrected chi connectivity index (χ4v) is 10.3. The maximum atomic E-state index is 10.7. The fourth-order valence-electron chi connectivity index (χ4n) is 10.3. The van der Waals surface area contributed by atoms with Gasteiger partial charge in [0.1, 0.15) is 23.0 Å². The molecule has 4 aromatic carbocycles. The Bertz CT molecular complexity index is 1890. The summed E-state index contributed by atoms with van der Waals surface area (Å²) in [5, 5.41) is 83.3. The molecule has 8 heteroatoms. The Labute approximate surface area is 325 Å². The Morgan fingerprint density at radius 3 is 1.02 bits per heavy atom. The number of aryl methyl sites for hydroxylation is 4. The zero-order valence-corrected chi connectivity index (χ0v) is 33.1. The molecule has 0 bridgehead atoms. The number of rotatable bonds is 11. The van der Waals surface area contributed by atoms with Gasteiger partial charge in [0, 0.05) is 33.1 Å². The molecule has 296 valence electrons. The van der Waals surface area contributed by atoms with E-state index in [2.05, 4.69) is 6.92 Å². The van der Waals surface area contributed by atoms with Crippen molar-refractivity contribution >= 4 is 0 Å². The van der Waals surface area contributed by atoms with E-state index < -0.39 is 10.8 Å². The summed E-state index contributed by atoms with van der Waals surface area (Å²) in [6, 6.07) is 15.8. The maximum Gasteiger partial charge on any atom is 0.124 e. The molecule has 2 fully saturated rings. The van der Waals surface area contributed by atoms with Gasteiger partial charge in [-0.3, -0.25) is 0 Å². The number of aliphatic hydroxyl groups is 4. The third-order valence-electron chi connectivity index (χ3n) is 13.8. The highest BCUT2D eigenvalue weighted by Gasteiger charge is 2.43. The van der Waals surface area contributed by atoms with E-state index in [1.54, 1.807) is 0 Å². The number of aromatic hydroxyl groups is 4. The van der Waals surface area contributed by atoms with Gasteiger partial charge in [-0.05, 0) is 172 Å². The molecule has 8 N–H and O–H groups in total. The summed E-state index contributed by atoms with van der Waals surface area (Å²) in [6.45, 7) is 8.78. The zero-order chi connectivity index (χ0) is 39.8. The van der Waals surface area contributed by atoms with Crippen LogP contribution in [0.3, 0.4) is 0 Å². The zero-order valence-electron chi connectivity index (χ0n) is 33.1. The van der Waals surface area contributed by atoms with Crippen molar-refractivity contribution in [1.82, 2.24) is 0 Å². The van der Waals surface area contributed by atoms with Crippen LogP contribution in [-0.2, 0) is 37.3 Å². The Kier molecular flexibility index (Phi) is 11.9. The molecule has 0 aromatic heterocycles. The van der Waals surface area contributed by atoms with Crippen LogP contribution in [0.4, 0.5) is 0 Å². The summed E-state index contributed by atoms with van der Waals surface area (Å²) in [7, 11) is 0. The standard InChI is InChI=1S/C47H60O8/c1-27(33-8-12-47(13-9-33,40-17-30(4)44(54)36(21-40)25-50)41-18-31(5)45(55)37(22-41)26-51)14-32-6-10-46(11-7-32,38-15-28(2)42(52)34(19-38)23-48)39-16-29(3)43(53)35(20-39)24-49/h15-22,27,32-33,48-55H,6-14,23-26H2,1-5H3. The minimum absolute atomic E-state index is 0.113. The number of benzene rings is 4. The van der Waals surface area contributed by atoms with Gasteiger partial charge in [0.05, 0.1) is 26.4 Å². The van der Waals surface area contributed by atoms with Gasteiger partial charge in [-0.25, -0.2) is 0 Å². The molecule has 6 rings (SSSR count). The van der Waals surface area contributed by atoms with Crippen molar-refractivity contribution < 1.29 is 40.9 Å². The summed E-state index contributed by atoms with van der Waals surface area (Å²) < 4.78 is 0. The van der Waals surface area contributed by atoms with Gasteiger partial charge in [0.2, 0.25) is 0 Å². The average molecular weight is 753 g/mol. The Balaban J connectivity index is 1.25.